The summed E-state index contributed by atoms with van der Waals surface area (Å²) in [5.41, 5.74) is 3.01. The first-order valence-corrected chi connectivity index (χ1v) is 7.18. The molecule has 3 aromatic rings. The molecule has 0 aliphatic rings. The van der Waals surface area contributed by atoms with Crippen molar-refractivity contribution >= 4 is 10.9 Å². The van der Waals surface area contributed by atoms with Crippen LogP contribution in [-0.2, 0) is 6.54 Å². The second-order valence-electron chi connectivity index (χ2n) is 5.51. The molecular weight excluding hydrogens is 262 g/mol. The van der Waals surface area contributed by atoms with Gasteiger partial charge in [0.1, 0.15) is 12.7 Å². The molecule has 0 aliphatic carbocycles. The summed E-state index contributed by atoms with van der Waals surface area (Å²) in [6.45, 7) is 6.13. The lowest BCUT2D eigenvalue weighted by atomic mass is 10.1. The maximum absolute atomic E-state index is 4.72. The van der Waals surface area contributed by atoms with E-state index in [9.17, 15) is 0 Å². The van der Waals surface area contributed by atoms with Gasteiger partial charge in [0, 0.05) is 11.9 Å². The molecule has 0 aliphatic heterocycles. The van der Waals surface area contributed by atoms with E-state index < -0.39 is 0 Å². The van der Waals surface area contributed by atoms with Gasteiger partial charge < -0.3 is 5.32 Å². The van der Waals surface area contributed by atoms with Crippen LogP contribution in [0.2, 0.25) is 0 Å². The van der Waals surface area contributed by atoms with Gasteiger partial charge in [0.15, 0.2) is 0 Å². The van der Waals surface area contributed by atoms with Crippen LogP contribution in [0.25, 0.3) is 16.6 Å². The minimum atomic E-state index is 0.625. The Morgan fingerprint density at radius 2 is 2.10 bits per heavy atom. The van der Waals surface area contributed by atoms with E-state index in [1.807, 2.05) is 18.2 Å². The van der Waals surface area contributed by atoms with Crippen molar-refractivity contribution in [2.45, 2.75) is 20.4 Å². The molecule has 0 spiro atoms. The normalized spacial score (nSPS) is 11.4. The Labute approximate surface area is 124 Å². The predicted octanol–water partition coefficient (Wildman–Crippen LogP) is 2.56. The minimum absolute atomic E-state index is 0.625. The van der Waals surface area contributed by atoms with Gasteiger partial charge in [-0.25, -0.2) is 9.67 Å². The highest BCUT2D eigenvalue weighted by atomic mass is 15.3. The van der Waals surface area contributed by atoms with E-state index in [0.29, 0.717) is 5.92 Å². The van der Waals surface area contributed by atoms with Crippen molar-refractivity contribution in [1.29, 1.82) is 0 Å². The molecule has 0 amide bonds. The maximum Gasteiger partial charge on any atom is 0.138 e. The fraction of sp³-hybridized carbons (Fsp3) is 0.312. The first-order valence-electron chi connectivity index (χ1n) is 7.18. The molecule has 5 nitrogen and oxygen atoms in total. The lowest BCUT2D eigenvalue weighted by molar-refractivity contribution is 0.548. The number of aromatic nitrogens is 4. The molecule has 2 aromatic heterocycles. The first kappa shape index (κ1) is 13.7. The quantitative estimate of drug-likeness (QED) is 0.781. The zero-order valence-corrected chi connectivity index (χ0v) is 12.3. The van der Waals surface area contributed by atoms with Gasteiger partial charge in [0.25, 0.3) is 0 Å². The molecule has 108 valence electrons. The van der Waals surface area contributed by atoms with Crippen LogP contribution in [0, 0.1) is 5.92 Å². The van der Waals surface area contributed by atoms with E-state index in [0.717, 1.165) is 35.4 Å². The van der Waals surface area contributed by atoms with E-state index in [1.54, 1.807) is 17.3 Å². The highest BCUT2D eigenvalue weighted by molar-refractivity contribution is 5.87. The first-order chi connectivity index (χ1) is 10.2. The molecule has 0 fully saturated rings. The van der Waals surface area contributed by atoms with Gasteiger partial charge in [-0.15, -0.1) is 0 Å². The summed E-state index contributed by atoms with van der Waals surface area (Å²) in [4.78, 5) is 8.75. The summed E-state index contributed by atoms with van der Waals surface area (Å²) in [6.07, 6.45) is 3.26. The van der Waals surface area contributed by atoms with E-state index in [4.69, 9.17) is 4.98 Å². The van der Waals surface area contributed by atoms with Crippen LogP contribution in [0.15, 0.2) is 43.0 Å². The third-order valence-electron chi connectivity index (χ3n) is 3.27. The number of rotatable bonds is 5. The summed E-state index contributed by atoms with van der Waals surface area (Å²) < 4.78 is 1.79. The van der Waals surface area contributed by atoms with Gasteiger partial charge in [0.2, 0.25) is 0 Å². The number of pyridine rings is 1. The molecule has 0 saturated heterocycles. The van der Waals surface area contributed by atoms with Gasteiger partial charge in [-0.1, -0.05) is 32.0 Å². The van der Waals surface area contributed by atoms with Crippen LogP contribution in [0.5, 0.6) is 0 Å². The van der Waals surface area contributed by atoms with Crippen LogP contribution >= 0.6 is 0 Å². The van der Waals surface area contributed by atoms with E-state index in [-0.39, 0.29) is 0 Å². The average Bonchev–Trinajstić information content (AvgIpc) is 3.00. The monoisotopic (exact) mass is 281 g/mol. The van der Waals surface area contributed by atoms with Crippen molar-refractivity contribution in [2.24, 2.45) is 5.92 Å². The number of hydrogen-bond acceptors (Lipinski definition) is 4. The van der Waals surface area contributed by atoms with Gasteiger partial charge in [-0.2, -0.15) is 5.10 Å². The third kappa shape index (κ3) is 3.08. The van der Waals surface area contributed by atoms with E-state index >= 15 is 0 Å². The lowest BCUT2D eigenvalue weighted by Crippen LogP contribution is -2.19. The number of fused-ring (bicyclic) bond motifs is 1. The summed E-state index contributed by atoms with van der Waals surface area (Å²) >= 11 is 0. The summed E-state index contributed by atoms with van der Waals surface area (Å²) in [5.74, 6) is 0.625. The Morgan fingerprint density at radius 1 is 1.24 bits per heavy atom. The molecule has 3 rings (SSSR count). The predicted molar refractivity (Wildman–Crippen MR) is 83.2 cm³/mol. The van der Waals surface area contributed by atoms with Crippen LogP contribution < -0.4 is 5.32 Å². The Balaban J connectivity index is 1.99. The zero-order chi connectivity index (χ0) is 14.7. The zero-order valence-electron chi connectivity index (χ0n) is 12.3. The molecule has 1 aromatic carbocycles. The molecule has 2 heterocycles. The van der Waals surface area contributed by atoms with Crippen molar-refractivity contribution in [3.8, 4) is 5.69 Å². The molecule has 0 saturated carbocycles. The highest BCUT2D eigenvalue weighted by Gasteiger charge is 2.08. The van der Waals surface area contributed by atoms with Crippen molar-refractivity contribution < 1.29 is 0 Å². The number of para-hydroxylation sites is 1. The van der Waals surface area contributed by atoms with Gasteiger partial charge in [0.05, 0.1) is 16.9 Å². The summed E-state index contributed by atoms with van der Waals surface area (Å²) in [5, 5.41) is 8.75. The second-order valence-corrected chi connectivity index (χ2v) is 5.51. The van der Waals surface area contributed by atoms with Gasteiger partial charge in [-0.3, -0.25) is 4.98 Å². The second kappa shape index (κ2) is 6.01. The van der Waals surface area contributed by atoms with Crippen molar-refractivity contribution in [1.82, 2.24) is 25.1 Å². The molecule has 21 heavy (non-hydrogen) atoms. The topological polar surface area (TPSA) is 55.6 Å². The van der Waals surface area contributed by atoms with Crippen LogP contribution in [0.1, 0.15) is 19.5 Å². The molecule has 0 bridgehead atoms. The van der Waals surface area contributed by atoms with Crippen LogP contribution in [0.4, 0.5) is 0 Å². The fourth-order valence-corrected chi connectivity index (χ4v) is 2.31. The molecular formula is C16H19N5. The minimum Gasteiger partial charge on any atom is -0.311 e. The highest BCUT2D eigenvalue weighted by Crippen LogP contribution is 2.21. The van der Waals surface area contributed by atoms with Crippen molar-refractivity contribution in [3.05, 3.63) is 48.7 Å². The summed E-state index contributed by atoms with van der Waals surface area (Å²) in [6, 6.07) is 10.2. The standard InChI is InChI=1S/C16H19N5/c1-12(2)8-17-9-13-7-16(21-11-18-10-19-21)14-5-3-4-6-15(14)20-13/h3-7,10-12,17H,8-9H2,1-2H3. The van der Waals surface area contributed by atoms with Gasteiger partial charge >= 0.3 is 0 Å². The Bertz CT molecular complexity index is 719. The molecule has 5 heteroatoms. The Hall–Kier alpha value is -2.27. The number of nitrogens with one attached hydrogen (secondary N) is 1. The molecule has 0 atom stereocenters. The van der Waals surface area contributed by atoms with Crippen LogP contribution in [0.3, 0.4) is 0 Å². The van der Waals surface area contributed by atoms with E-state index in [2.05, 4.69) is 41.4 Å². The summed E-state index contributed by atoms with van der Waals surface area (Å²) in [7, 11) is 0. The Kier molecular flexibility index (Phi) is 3.92. The van der Waals surface area contributed by atoms with Crippen molar-refractivity contribution in [3.63, 3.8) is 0 Å². The Morgan fingerprint density at radius 3 is 2.86 bits per heavy atom. The fourth-order valence-electron chi connectivity index (χ4n) is 2.31. The number of benzene rings is 1. The largest absolute Gasteiger partial charge is 0.311 e. The smallest absolute Gasteiger partial charge is 0.138 e. The molecule has 0 radical (unpaired) electrons. The SMILES string of the molecule is CC(C)CNCc1cc(-n2cncn2)c2ccccc2n1. The third-order valence-corrected chi connectivity index (χ3v) is 3.27. The van der Waals surface area contributed by atoms with Crippen LogP contribution in [-0.4, -0.2) is 26.3 Å². The number of hydrogen-bond donors (Lipinski definition) is 1. The van der Waals surface area contributed by atoms with Crippen molar-refractivity contribution in [2.75, 3.05) is 6.54 Å². The maximum atomic E-state index is 4.72. The molecule has 1 N–H and O–H groups in total. The lowest BCUT2D eigenvalue weighted by Gasteiger charge is -2.11. The average molecular weight is 281 g/mol. The van der Waals surface area contributed by atoms with E-state index in [1.165, 1.54) is 0 Å². The van der Waals surface area contributed by atoms with Gasteiger partial charge in [-0.05, 0) is 24.6 Å². The molecule has 0 unspecified atom stereocenters. The number of nitrogens with zero attached hydrogens (tertiary/aromatic N) is 4.